The van der Waals surface area contributed by atoms with Crippen molar-refractivity contribution < 1.29 is 19.5 Å². The Morgan fingerprint density at radius 1 is 0.774 bits per heavy atom. The van der Waals surface area contributed by atoms with Crippen LogP contribution in [0.15, 0.2) is 36.4 Å². The van der Waals surface area contributed by atoms with Crippen LogP contribution in [0.3, 0.4) is 0 Å². The molecule has 2 aliphatic heterocycles. The number of amides is 2. The molecule has 2 amide bonds. The van der Waals surface area contributed by atoms with Gasteiger partial charge in [0.1, 0.15) is 0 Å². The van der Waals surface area contributed by atoms with Gasteiger partial charge in [-0.05, 0) is 81.2 Å². The third-order valence-corrected chi connectivity index (χ3v) is 13.1. The number of rotatable bonds is 8. The molecule has 3 fully saturated rings. The summed E-state index contributed by atoms with van der Waals surface area (Å²) in [4.78, 5) is 53.3. The molecule has 2 aromatic heterocycles. The van der Waals surface area contributed by atoms with Crippen LogP contribution in [0.4, 0.5) is 11.4 Å². The zero-order valence-electron chi connectivity index (χ0n) is 30.9. The molecule has 0 spiro atoms. The van der Waals surface area contributed by atoms with Crippen molar-refractivity contribution in [2.24, 2.45) is 24.9 Å². The molecule has 2 aromatic carbocycles. The molecule has 278 valence electrons. The number of carbonyl (C=O) groups excluding carboxylic acids is 2. The van der Waals surface area contributed by atoms with Gasteiger partial charge in [0.05, 0.1) is 27.5 Å². The minimum atomic E-state index is -0.624. The number of hydrogen-bond donors (Lipinski definition) is 3. The van der Waals surface area contributed by atoms with Crippen LogP contribution in [0.1, 0.15) is 88.1 Å². The first kappa shape index (κ1) is 35.5. The van der Waals surface area contributed by atoms with Gasteiger partial charge >= 0.3 is 5.97 Å². The Labute approximate surface area is 314 Å². The third kappa shape index (κ3) is 6.24. The van der Waals surface area contributed by atoms with Gasteiger partial charge in [-0.1, -0.05) is 35.9 Å². The summed E-state index contributed by atoms with van der Waals surface area (Å²) in [7, 11) is 5.83. The summed E-state index contributed by atoms with van der Waals surface area (Å²) in [6, 6.07) is 11.2. The number of nitrogens with zero attached hydrogens (tertiary/aromatic N) is 6. The van der Waals surface area contributed by atoms with Crippen molar-refractivity contribution in [2.75, 3.05) is 37.3 Å². The molecular formula is C40H47ClN8O4. The maximum atomic E-state index is 13.8. The van der Waals surface area contributed by atoms with Crippen molar-refractivity contribution in [1.29, 1.82) is 0 Å². The average molecular weight is 739 g/mol. The summed E-state index contributed by atoms with van der Waals surface area (Å²) in [5, 5.41) is 16.3. The molecule has 4 heterocycles. The first-order valence-corrected chi connectivity index (χ1v) is 19.0. The van der Waals surface area contributed by atoms with Crippen molar-refractivity contribution in [1.82, 2.24) is 28.9 Å². The lowest BCUT2D eigenvalue weighted by Gasteiger charge is -2.53. The quantitative estimate of drug-likeness (QED) is 0.199. The summed E-state index contributed by atoms with van der Waals surface area (Å²) < 4.78 is 3.79. The lowest BCUT2D eigenvalue weighted by Crippen LogP contribution is -2.51. The largest absolute Gasteiger partial charge is 0.481 e. The van der Waals surface area contributed by atoms with Gasteiger partial charge in [0.2, 0.25) is 0 Å². The summed E-state index contributed by atoms with van der Waals surface area (Å²) in [6.45, 7) is 6.09. The molecule has 12 nitrogen and oxygen atoms in total. The monoisotopic (exact) mass is 738 g/mol. The van der Waals surface area contributed by atoms with Crippen LogP contribution in [0, 0.1) is 17.8 Å². The fourth-order valence-electron chi connectivity index (χ4n) is 9.33. The number of imidazole rings is 2. The van der Waals surface area contributed by atoms with Gasteiger partial charge in [-0.3, -0.25) is 19.3 Å². The Hall–Kier alpha value is -4.52. The molecule has 5 aliphatic rings. The van der Waals surface area contributed by atoms with E-state index in [4.69, 9.17) is 16.6 Å². The summed E-state index contributed by atoms with van der Waals surface area (Å²) in [6.07, 6.45) is 6.86. The zero-order chi connectivity index (χ0) is 37.2. The average Bonchev–Trinajstić information content (AvgIpc) is 3.65. The molecule has 13 heteroatoms. The maximum absolute atomic E-state index is 13.8. The molecule has 3 aliphatic carbocycles. The number of nitrogens with one attached hydrogen (secondary N) is 2. The SMILES string of the molecule is Cc1c(NC(=O)c2nc3c(n2C)CCN(CC24CCC(C(=O)O)(CC2)CC4)C3)cccc1-c1cccc(NC(=O)c2nc3c(n2C)CCN(C)C3)c1Cl. The second kappa shape index (κ2) is 13.4. The Balaban J connectivity index is 0.963. The number of carboxylic acids is 1. The van der Waals surface area contributed by atoms with E-state index in [1.54, 1.807) is 6.07 Å². The van der Waals surface area contributed by atoms with Gasteiger partial charge in [0.25, 0.3) is 11.8 Å². The van der Waals surface area contributed by atoms with Gasteiger partial charge in [-0.15, -0.1) is 0 Å². The van der Waals surface area contributed by atoms with E-state index in [1.165, 1.54) is 0 Å². The number of fused-ring (bicyclic) bond motifs is 5. The lowest BCUT2D eigenvalue weighted by atomic mass is 9.53. The topological polar surface area (TPSA) is 138 Å². The van der Waals surface area contributed by atoms with Crippen molar-refractivity contribution in [3.8, 4) is 11.1 Å². The molecule has 3 N–H and O–H groups in total. The fourth-order valence-corrected chi connectivity index (χ4v) is 9.61. The molecule has 2 bridgehead atoms. The highest BCUT2D eigenvalue weighted by Crippen LogP contribution is 2.57. The second-order valence-electron chi connectivity index (χ2n) is 15.9. The number of likely N-dealkylation sites (N-methyl/N-ethyl adjacent to an activating group) is 1. The van der Waals surface area contributed by atoms with Crippen LogP contribution in [0.25, 0.3) is 11.1 Å². The van der Waals surface area contributed by atoms with Crippen molar-refractivity contribution in [2.45, 2.75) is 71.4 Å². The van der Waals surface area contributed by atoms with E-state index < -0.39 is 11.4 Å². The number of halogens is 1. The molecule has 53 heavy (non-hydrogen) atoms. The Bertz CT molecular complexity index is 2130. The molecule has 3 saturated carbocycles. The summed E-state index contributed by atoms with van der Waals surface area (Å²) in [5.41, 5.74) is 7.21. The van der Waals surface area contributed by atoms with Crippen molar-refractivity contribution in [3.63, 3.8) is 0 Å². The molecule has 0 radical (unpaired) electrons. The first-order chi connectivity index (χ1) is 25.4. The minimum absolute atomic E-state index is 0.177. The molecule has 0 unspecified atom stereocenters. The summed E-state index contributed by atoms with van der Waals surface area (Å²) >= 11 is 6.97. The van der Waals surface area contributed by atoms with E-state index in [0.29, 0.717) is 41.1 Å². The number of benzene rings is 2. The highest BCUT2D eigenvalue weighted by atomic mass is 35.5. The summed E-state index contributed by atoms with van der Waals surface area (Å²) in [5.74, 6) is -0.514. The van der Waals surface area contributed by atoms with Crippen LogP contribution in [-0.4, -0.2) is 78.5 Å². The van der Waals surface area contributed by atoms with Crippen molar-refractivity contribution in [3.05, 3.63) is 81.4 Å². The maximum Gasteiger partial charge on any atom is 0.309 e. The highest BCUT2D eigenvalue weighted by molar-refractivity contribution is 6.36. The van der Waals surface area contributed by atoms with E-state index in [0.717, 1.165) is 110 Å². The van der Waals surface area contributed by atoms with E-state index >= 15 is 0 Å². The molecule has 0 atom stereocenters. The van der Waals surface area contributed by atoms with E-state index in [1.807, 2.05) is 67.5 Å². The van der Waals surface area contributed by atoms with Crippen LogP contribution in [-0.2, 0) is 44.8 Å². The van der Waals surface area contributed by atoms with Crippen LogP contribution in [0.5, 0.6) is 0 Å². The van der Waals surface area contributed by atoms with Gasteiger partial charge in [-0.25, -0.2) is 9.97 Å². The Morgan fingerprint density at radius 2 is 1.32 bits per heavy atom. The number of hydrogen-bond acceptors (Lipinski definition) is 7. The fraction of sp³-hybridized carbons (Fsp3) is 0.475. The zero-order valence-corrected chi connectivity index (χ0v) is 31.6. The molecular weight excluding hydrogens is 692 g/mol. The van der Waals surface area contributed by atoms with Crippen LogP contribution >= 0.6 is 11.6 Å². The number of carbonyl (C=O) groups is 3. The van der Waals surface area contributed by atoms with Crippen molar-refractivity contribution >= 4 is 40.8 Å². The van der Waals surface area contributed by atoms with Gasteiger partial charge in [0.15, 0.2) is 11.6 Å². The normalized spacial score (nSPS) is 22.7. The second-order valence-corrected chi connectivity index (χ2v) is 16.2. The van der Waals surface area contributed by atoms with Gasteiger partial charge in [-0.2, -0.15) is 0 Å². The lowest BCUT2D eigenvalue weighted by molar-refractivity contribution is -0.159. The first-order valence-electron chi connectivity index (χ1n) is 18.6. The number of aromatic nitrogens is 4. The van der Waals surface area contributed by atoms with Gasteiger partial charge in [0, 0.05) is 82.3 Å². The smallest absolute Gasteiger partial charge is 0.309 e. The Kier molecular flexibility index (Phi) is 8.98. The van der Waals surface area contributed by atoms with Crippen LogP contribution < -0.4 is 10.6 Å². The van der Waals surface area contributed by atoms with Gasteiger partial charge < -0.3 is 29.8 Å². The molecule has 4 aromatic rings. The van der Waals surface area contributed by atoms with E-state index in [2.05, 4.69) is 25.4 Å². The molecule has 0 saturated heterocycles. The molecule has 9 rings (SSSR count). The number of anilines is 2. The Morgan fingerprint density at radius 3 is 1.94 bits per heavy atom. The minimum Gasteiger partial charge on any atom is -0.481 e. The third-order valence-electron chi connectivity index (χ3n) is 12.7. The predicted octanol–water partition coefficient (Wildman–Crippen LogP) is 6.06. The standard InChI is InChI=1S/C40H47ClN8O4/c1-24-25(26-8-6-10-28(33(26)41)45-37(51)35-42-29-21-46(2)19-11-31(29)47(35)3)7-5-9-27(24)44-36(50)34-43-30-22-49(20-12-32(30)48(34)4)23-39-13-16-40(17-14-39,18-15-39)38(52)53/h5-10H,11-23H2,1-4H3,(H,44,50)(H,45,51)(H,52,53). The predicted molar refractivity (Wildman–Crippen MR) is 203 cm³/mol. The number of carboxylic acid groups (broad SMARTS) is 1. The number of aliphatic carboxylic acids is 1. The van der Waals surface area contributed by atoms with E-state index in [9.17, 15) is 19.5 Å². The highest BCUT2D eigenvalue weighted by Gasteiger charge is 2.53. The van der Waals surface area contributed by atoms with E-state index in [-0.39, 0.29) is 17.2 Å². The van der Waals surface area contributed by atoms with Crippen LogP contribution in [0.2, 0.25) is 5.02 Å².